The van der Waals surface area contributed by atoms with Gasteiger partial charge in [0.05, 0.1) is 21.6 Å². The fourth-order valence-electron chi connectivity index (χ4n) is 3.43. The number of carbonyl (C=O) groups excluding carboxylic acids is 1. The lowest BCUT2D eigenvalue weighted by molar-refractivity contribution is 0.0934. The van der Waals surface area contributed by atoms with Gasteiger partial charge in [0.15, 0.2) is 9.84 Å². The molecule has 2 aromatic carbocycles. The molecule has 0 spiro atoms. The third-order valence-electron chi connectivity index (χ3n) is 5.05. The molecule has 2 N–H and O–H groups in total. The Balaban J connectivity index is 1.46. The van der Waals surface area contributed by atoms with Gasteiger partial charge < -0.3 is 5.32 Å². The molecule has 10 heteroatoms. The number of carbonyl (C=O) groups is 1. The Morgan fingerprint density at radius 2 is 1.77 bits per heavy atom. The van der Waals surface area contributed by atoms with Crippen LogP contribution in [0.25, 0.3) is 0 Å². The molecule has 0 bridgehead atoms. The Labute approximate surface area is 185 Å². The lowest BCUT2D eigenvalue weighted by Crippen LogP contribution is -2.33. The molecule has 162 valence electrons. The number of nitrogens with one attached hydrogen (secondary N) is 2. The van der Waals surface area contributed by atoms with Crippen molar-refractivity contribution in [2.75, 3.05) is 5.75 Å². The summed E-state index contributed by atoms with van der Waals surface area (Å²) in [4.78, 5) is 13.9. The van der Waals surface area contributed by atoms with E-state index in [-0.39, 0.29) is 28.5 Å². The van der Waals surface area contributed by atoms with Gasteiger partial charge in [-0.25, -0.2) is 21.6 Å². The zero-order chi connectivity index (χ0) is 22.1. The Morgan fingerprint density at radius 3 is 2.48 bits per heavy atom. The fourth-order valence-corrected chi connectivity index (χ4v) is 6.79. The summed E-state index contributed by atoms with van der Waals surface area (Å²) in [6, 6.07) is 15.6. The first kappa shape index (κ1) is 21.7. The van der Waals surface area contributed by atoms with Gasteiger partial charge in [0, 0.05) is 17.0 Å². The molecule has 0 saturated carbocycles. The molecule has 1 aromatic heterocycles. The maximum atomic E-state index is 12.7. The van der Waals surface area contributed by atoms with Gasteiger partial charge in [-0.05, 0) is 53.8 Å². The zero-order valence-electron chi connectivity index (χ0n) is 16.3. The fraction of sp³-hybridized carbons (Fsp3) is 0.190. The number of fused-ring (bicyclic) bond motifs is 1. The molecule has 0 saturated heterocycles. The van der Waals surface area contributed by atoms with E-state index in [1.165, 1.54) is 35.6 Å². The highest BCUT2D eigenvalue weighted by Gasteiger charge is 2.31. The van der Waals surface area contributed by atoms with Crippen molar-refractivity contribution in [3.8, 4) is 0 Å². The minimum Gasteiger partial charge on any atom is -0.345 e. The first-order chi connectivity index (χ1) is 14.8. The van der Waals surface area contributed by atoms with Crippen LogP contribution in [0.3, 0.4) is 0 Å². The number of thiophene rings is 1. The van der Waals surface area contributed by atoms with Crippen molar-refractivity contribution in [2.45, 2.75) is 28.8 Å². The summed E-state index contributed by atoms with van der Waals surface area (Å²) < 4.78 is 52.0. The van der Waals surface area contributed by atoms with Gasteiger partial charge in [0.25, 0.3) is 5.91 Å². The monoisotopic (exact) mass is 476 g/mol. The van der Waals surface area contributed by atoms with E-state index in [0.29, 0.717) is 11.1 Å². The van der Waals surface area contributed by atoms with Gasteiger partial charge in [-0.15, -0.1) is 11.3 Å². The Bertz CT molecular complexity index is 1300. The van der Waals surface area contributed by atoms with Crippen LogP contribution in [0.5, 0.6) is 0 Å². The summed E-state index contributed by atoms with van der Waals surface area (Å²) in [6.45, 7) is 0.201. The maximum Gasteiger partial charge on any atom is 0.251 e. The highest BCUT2D eigenvalue weighted by atomic mass is 32.2. The van der Waals surface area contributed by atoms with Gasteiger partial charge in [0.1, 0.15) is 0 Å². The lowest BCUT2D eigenvalue weighted by Gasteiger charge is -2.26. The summed E-state index contributed by atoms with van der Waals surface area (Å²) in [6.07, 6.45) is 0.282. The van der Waals surface area contributed by atoms with Crippen molar-refractivity contribution in [3.63, 3.8) is 0 Å². The number of hydrogen-bond acceptors (Lipinski definition) is 6. The first-order valence-corrected chi connectivity index (χ1v) is 13.5. The lowest BCUT2D eigenvalue weighted by atomic mass is 10.0. The Hall–Kier alpha value is -2.53. The van der Waals surface area contributed by atoms with E-state index < -0.39 is 31.8 Å². The van der Waals surface area contributed by atoms with E-state index in [1.54, 1.807) is 24.3 Å². The number of hydrogen-bond donors (Lipinski definition) is 2. The maximum absolute atomic E-state index is 12.7. The number of benzene rings is 2. The number of amides is 1. The van der Waals surface area contributed by atoms with Crippen molar-refractivity contribution >= 4 is 37.1 Å². The van der Waals surface area contributed by atoms with Crippen molar-refractivity contribution in [3.05, 3.63) is 82.0 Å². The van der Waals surface area contributed by atoms with E-state index >= 15 is 0 Å². The molecule has 1 aliphatic heterocycles. The second-order valence-corrected chi connectivity index (χ2v) is 12.0. The Kier molecular flexibility index (Phi) is 5.98. The van der Waals surface area contributed by atoms with Crippen LogP contribution in [0.15, 0.2) is 75.8 Å². The third-order valence-corrected chi connectivity index (χ3v) is 9.16. The molecule has 3 aromatic rings. The van der Waals surface area contributed by atoms with E-state index in [1.807, 2.05) is 17.5 Å². The van der Waals surface area contributed by atoms with E-state index in [0.717, 1.165) is 4.88 Å². The topological polar surface area (TPSA) is 109 Å². The average Bonchev–Trinajstić information content (AvgIpc) is 3.28. The normalized spacial score (nSPS) is 17.6. The van der Waals surface area contributed by atoms with Crippen molar-refractivity contribution < 1.29 is 21.6 Å². The van der Waals surface area contributed by atoms with Crippen molar-refractivity contribution in [1.29, 1.82) is 0 Å². The third kappa shape index (κ3) is 4.72. The number of sulfonamides is 1. The van der Waals surface area contributed by atoms with E-state index in [2.05, 4.69) is 10.0 Å². The number of sulfone groups is 1. The summed E-state index contributed by atoms with van der Waals surface area (Å²) in [5.41, 5.74) is 0.863. The predicted octanol–water partition coefficient (Wildman–Crippen LogP) is 2.88. The molecule has 1 unspecified atom stereocenters. The molecular weight excluding hydrogens is 456 g/mol. The highest BCUT2D eigenvalue weighted by Crippen LogP contribution is 2.32. The minimum absolute atomic E-state index is 0.0396. The molecule has 1 atom stereocenters. The quantitative estimate of drug-likeness (QED) is 0.569. The zero-order valence-corrected chi connectivity index (χ0v) is 18.8. The van der Waals surface area contributed by atoms with E-state index in [4.69, 9.17) is 0 Å². The highest BCUT2D eigenvalue weighted by molar-refractivity contribution is 7.91. The van der Waals surface area contributed by atoms with Crippen LogP contribution in [0.4, 0.5) is 0 Å². The first-order valence-electron chi connectivity index (χ1n) is 9.51. The summed E-state index contributed by atoms with van der Waals surface area (Å²) in [5, 5.41) is 4.74. The molecule has 1 amide bonds. The standard InChI is InChI=1S/C21H20N2O5S3/c24-21(23-19-11-13-30(25,26)20-6-2-1-5-18(19)20)15-7-9-17(10-8-15)31(27,28)22-14-16-4-3-12-29-16/h1-10,12,19,22H,11,13-14H2,(H,23,24). The summed E-state index contributed by atoms with van der Waals surface area (Å²) in [5.74, 6) is -0.434. The van der Waals surface area contributed by atoms with Crippen LogP contribution in [-0.2, 0) is 26.4 Å². The molecule has 4 rings (SSSR count). The van der Waals surface area contributed by atoms with Gasteiger partial charge in [-0.2, -0.15) is 0 Å². The van der Waals surface area contributed by atoms with E-state index in [9.17, 15) is 21.6 Å². The summed E-state index contributed by atoms with van der Waals surface area (Å²) >= 11 is 1.46. The SMILES string of the molecule is O=C(NC1CCS(=O)(=O)c2ccccc21)c1ccc(S(=O)(=O)NCc2cccs2)cc1. The molecule has 0 fully saturated rings. The van der Waals surface area contributed by atoms with Crippen molar-refractivity contribution in [2.24, 2.45) is 0 Å². The molecule has 0 radical (unpaired) electrons. The summed E-state index contributed by atoms with van der Waals surface area (Å²) in [7, 11) is -7.04. The molecule has 1 aliphatic rings. The molecule has 0 aliphatic carbocycles. The largest absolute Gasteiger partial charge is 0.345 e. The van der Waals surface area contributed by atoms with Gasteiger partial charge in [-0.3, -0.25) is 4.79 Å². The smallest absolute Gasteiger partial charge is 0.251 e. The Morgan fingerprint density at radius 1 is 1.03 bits per heavy atom. The van der Waals surface area contributed by atoms with Gasteiger partial charge in [-0.1, -0.05) is 24.3 Å². The molecular formula is C21H20N2O5S3. The van der Waals surface area contributed by atoms with Gasteiger partial charge in [0.2, 0.25) is 10.0 Å². The van der Waals surface area contributed by atoms with Crippen LogP contribution < -0.4 is 10.0 Å². The van der Waals surface area contributed by atoms with Crippen LogP contribution in [-0.4, -0.2) is 28.5 Å². The molecule has 2 heterocycles. The number of rotatable bonds is 6. The minimum atomic E-state index is -3.70. The predicted molar refractivity (Wildman–Crippen MR) is 118 cm³/mol. The van der Waals surface area contributed by atoms with Gasteiger partial charge >= 0.3 is 0 Å². The second kappa shape index (κ2) is 8.54. The van der Waals surface area contributed by atoms with Crippen LogP contribution in [0, 0.1) is 0 Å². The van der Waals surface area contributed by atoms with Crippen LogP contribution in [0.1, 0.15) is 33.3 Å². The average molecular weight is 477 g/mol. The van der Waals surface area contributed by atoms with Crippen LogP contribution in [0.2, 0.25) is 0 Å². The molecule has 7 nitrogen and oxygen atoms in total. The second-order valence-electron chi connectivity index (χ2n) is 7.10. The van der Waals surface area contributed by atoms with Crippen LogP contribution >= 0.6 is 11.3 Å². The molecule has 31 heavy (non-hydrogen) atoms. The van der Waals surface area contributed by atoms with Crippen molar-refractivity contribution in [1.82, 2.24) is 10.0 Å².